The summed E-state index contributed by atoms with van der Waals surface area (Å²) in [5.74, 6) is -0.337. The van der Waals surface area contributed by atoms with Gasteiger partial charge in [0.1, 0.15) is 11.3 Å². The average molecular weight is 600 g/mol. The first-order valence-electron chi connectivity index (χ1n) is 14.7. The Balaban J connectivity index is 1.49. The number of nitrogens with zero attached hydrogens (tertiary/aromatic N) is 2. The van der Waals surface area contributed by atoms with Gasteiger partial charge < -0.3 is 29.7 Å². The molecule has 1 aliphatic rings. The number of esters is 1. The van der Waals surface area contributed by atoms with Gasteiger partial charge in [-0.25, -0.2) is 4.79 Å². The van der Waals surface area contributed by atoms with Crippen molar-refractivity contribution in [2.24, 2.45) is 0 Å². The summed E-state index contributed by atoms with van der Waals surface area (Å²) in [6.45, 7) is 12.4. The van der Waals surface area contributed by atoms with Crippen LogP contribution in [0.4, 0.5) is 17.1 Å². The minimum Gasteiger partial charge on any atom is -0.543 e. The highest BCUT2D eigenvalue weighted by Crippen LogP contribution is 2.42. The molecule has 4 aromatic rings. The summed E-state index contributed by atoms with van der Waals surface area (Å²) in [6, 6.07) is 15.2. The summed E-state index contributed by atoms with van der Waals surface area (Å²) in [5, 5.41) is 7.63. The number of carbonyl (C=O) groups is 2. The largest absolute Gasteiger partial charge is 0.543 e. The zero-order valence-corrected chi connectivity index (χ0v) is 26.8. The van der Waals surface area contributed by atoms with Crippen LogP contribution in [0.1, 0.15) is 54.3 Å². The van der Waals surface area contributed by atoms with Crippen molar-refractivity contribution in [2.45, 2.75) is 57.8 Å². The van der Waals surface area contributed by atoms with Crippen molar-refractivity contribution in [3.05, 3.63) is 78.2 Å². The normalized spacial score (nSPS) is 14.4. The molecule has 1 aliphatic heterocycles. The number of fused-ring (bicyclic) bond motifs is 1. The minimum absolute atomic E-state index is 0.0653. The molecule has 1 saturated heterocycles. The first-order chi connectivity index (χ1) is 20.5. The van der Waals surface area contributed by atoms with E-state index in [1.807, 2.05) is 42.6 Å². The van der Waals surface area contributed by atoms with E-state index in [1.54, 1.807) is 24.5 Å². The molecule has 226 valence electrons. The molecule has 0 radical (unpaired) electrons. The van der Waals surface area contributed by atoms with Crippen molar-refractivity contribution in [2.75, 3.05) is 35.7 Å². The Kier molecular flexibility index (Phi) is 8.50. The van der Waals surface area contributed by atoms with Gasteiger partial charge in [0, 0.05) is 54.5 Å². The van der Waals surface area contributed by atoms with Gasteiger partial charge in [0.25, 0.3) is 14.2 Å². The number of piperidine rings is 1. The van der Waals surface area contributed by atoms with E-state index < -0.39 is 14.3 Å². The summed E-state index contributed by atoms with van der Waals surface area (Å²) in [4.78, 5) is 36.6. The second-order valence-electron chi connectivity index (χ2n) is 12.6. The molecular formula is C33H41N5O4Si. The molecule has 0 bridgehead atoms. The fourth-order valence-corrected chi connectivity index (χ4v) is 6.11. The SMILES string of the molecule is COC(=O)c1c(O[Si](C)(C)C(C)(C)C)ccc(NC(=O)c2ccc3cc[nH]c3c2)c1NC1CCN(c2ccncc2)CC1. The number of aromatic nitrogens is 2. The van der Waals surface area contributed by atoms with Crippen molar-refractivity contribution in [1.29, 1.82) is 0 Å². The maximum absolute atomic E-state index is 13.5. The van der Waals surface area contributed by atoms with E-state index in [9.17, 15) is 9.59 Å². The maximum Gasteiger partial charge on any atom is 0.343 e. The Morgan fingerprint density at radius 3 is 2.42 bits per heavy atom. The van der Waals surface area contributed by atoms with Crippen LogP contribution in [-0.2, 0) is 4.74 Å². The molecule has 10 heteroatoms. The summed E-state index contributed by atoms with van der Waals surface area (Å²) >= 11 is 0. The number of aromatic amines is 1. The maximum atomic E-state index is 13.5. The molecule has 0 saturated carbocycles. The van der Waals surface area contributed by atoms with Crippen molar-refractivity contribution < 1.29 is 18.8 Å². The summed E-state index contributed by atoms with van der Waals surface area (Å²) in [5.41, 5.74) is 3.82. The summed E-state index contributed by atoms with van der Waals surface area (Å²) in [7, 11) is -0.950. The number of hydrogen-bond donors (Lipinski definition) is 3. The van der Waals surface area contributed by atoms with Gasteiger partial charge in [-0.3, -0.25) is 9.78 Å². The number of anilines is 3. The van der Waals surface area contributed by atoms with Gasteiger partial charge in [0.2, 0.25) is 0 Å². The topological polar surface area (TPSA) is 109 Å². The second kappa shape index (κ2) is 12.1. The van der Waals surface area contributed by atoms with Crippen LogP contribution in [0.5, 0.6) is 5.75 Å². The number of carbonyl (C=O) groups excluding carboxylic acids is 2. The second-order valence-corrected chi connectivity index (χ2v) is 17.3. The molecule has 0 aliphatic carbocycles. The van der Waals surface area contributed by atoms with Crippen LogP contribution in [-0.4, -0.2) is 56.4 Å². The van der Waals surface area contributed by atoms with Crippen molar-refractivity contribution in [3.8, 4) is 5.75 Å². The highest BCUT2D eigenvalue weighted by atomic mass is 28.4. The van der Waals surface area contributed by atoms with E-state index in [-0.39, 0.29) is 17.0 Å². The first kappa shape index (κ1) is 30.2. The number of methoxy groups -OCH3 is 1. The number of hydrogen-bond acceptors (Lipinski definition) is 7. The van der Waals surface area contributed by atoms with Crippen LogP contribution < -0.4 is 20.0 Å². The van der Waals surface area contributed by atoms with E-state index >= 15 is 0 Å². The molecule has 43 heavy (non-hydrogen) atoms. The van der Waals surface area contributed by atoms with Crippen LogP contribution >= 0.6 is 0 Å². The molecule has 3 N–H and O–H groups in total. The van der Waals surface area contributed by atoms with Crippen molar-refractivity contribution in [3.63, 3.8) is 0 Å². The van der Waals surface area contributed by atoms with Gasteiger partial charge in [-0.05, 0) is 78.8 Å². The fraction of sp³-hybridized carbons (Fsp3) is 0.364. The van der Waals surface area contributed by atoms with E-state index in [1.165, 1.54) is 7.11 Å². The molecule has 1 fully saturated rings. The number of H-pyrrole nitrogens is 1. The Morgan fingerprint density at radius 1 is 1.02 bits per heavy atom. The van der Waals surface area contributed by atoms with Gasteiger partial charge in [-0.15, -0.1) is 0 Å². The lowest BCUT2D eigenvalue weighted by atomic mass is 10.0. The number of nitrogens with one attached hydrogen (secondary N) is 3. The van der Waals surface area contributed by atoms with E-state index in [2.05, 4.69) is 59.4 Å². The number of amides is 1. The average Bonchev–Trinajstić information content (AvgIpc) is 3.46. The molecule has 0 atom stereocenters. The van der Waals surface area contributed by atoms with Crippen LogP contribution in [0.2, 0.25) is 18.1 Å². The number of pyridine rings is 1. The van der Waals surface area contributed by atoms with Gasteiger partial charge in [0.15, 0.2) is 0 Å². The minimum atomic E-state index is -2.32. The molecule has 9 nitrogen and oxygen atoms in total. The molecule has 3 heterocycles. The molecule has 0 spiro atoms. The van der Waals surface area contributed by atoms with Crippen molar-refractivity contribution in [1.82, 2.24) is 9.97 Å². The molecule has 0 unspecified atom stereocenters. The predicted octanol–water partition coefficient (Wildman–Crippen LogP) is 7.07. The van der Waals surface area contributed by atoms with E-state index in [4.69, 9.17) is 9.16 Å². The summed E-state index contributed by atoms with van der Waals surface area (Å²) < 4.78 is 12.0. The third kappa shape index (κ3) is 6.54. The van der Waals surface area contributed by atoms with Crippen LogP contribution in [0.15, 0.2) is 67.1 Å². The quantitative estimate of drug-likeness (QED) is 0.147. The van der Waals surface area contributed by atoms with E-state index in [0.717, 1.165) is 42.5 Å². The molecule has 1 amide bonds. The van der Waals surface area contributed by atoms with Crippen LogP contribution in [0, 0.1) is 0 Å². The molecule has 2 aromatic heterocycles. The van der Waals surface area contributed by atoms with Gasteiger partial charge in [-0.2, -0.15) is 0 Å². The van der Waals surface area contributed by atoms with Gasteiger partial charge in [0.05, 0.1) is 18.5 Å². The number of rotatable bonds is 8. The molecular weight excluding hydrogens is 558 g/mol. The standard InChI is InChI=1S/C33H41N5O4Si/c1-33(2,3)43(5,6)42-28-10-9-26(37-31(39)23-8-7-22-11-18-35-27(22)21-23)30(29(28)32(40)41-4)36-24-14-19-38(20-15-24)25-12-16-34-17-13-25/h7-13,16-18,21,24,35-36H,14-15,19-20H2,1-6H3,(H,37,39). The third-order valence-corrected chi connectivity index (χ3v) is 13.0. The highest BCUT2D eigenvalue weighted by Gasteiger charge is 2.40. The monoisotopic (exact) mass is 599 g/mol. The third-order valence-electron chi connectivity index (χ3n) is 8.66. The Hall–Kier alpha value is -4.31. The van der Waals surface area contributed by atoms with E-state index in [0.29, 0.717) is 28.3 Å². The number of benzene rings is 2. The number of ether oxygens (including phenoxy) is 1. The Morgan fingerprint density at radius 2 is 1.74 bits per heavy atom. The van der Waals surface area contributed by atoms with Gasteiger partial charge in [-0.1, -0.05) is 26.8 Å². The Bertz CT molecular complexity index is 1600. The lowest BCUT2D eigenvalue weighted by Crippen LogP contribution is -2.44. The summed E-state index contributed by atoms with van der Waals surface area (Å²) in [6.07, 6.45) is 7.13. The lowest BCUT2D eigenvalue weighted by Gasteiger charge is -2.38. The zero-order valence-electron chi connectivity index (χ0n) is 25.8. The van der Waals surface area contributed by atoms with Crippen LogP contribution in [0.3, 0.4) is 0 Å². The first-order valence-corrected chi connectivity index (χ1v) is 17.6. The lowest BCUT2D eigenvalue weighted by molar-refractivity contribution is 0.0599. The Labute approximate surface area is 254 Å². The molecule has 5 rings (SSSR count). The van der Waals surface area contributed by atoms with Crippen LogP contribution in [0.25, 0.3) is 10.9 Å². The van der Waals surface area contributed by atoms with Gasteiger partial charge >= 0.3 is 5.97 Å². The van der Waals surface area contributed by atoms with Crippen molar-refractivity contribution >= 4 is 48.2 Å². The zero-order chi connectivity index (χ0) is 30.8. The predicted molar refractivity (Wildman–Crippen MR) is 175 cm³/mol. The fourth-order valence-electron chi connectivity index (χ4n) is 5.08. The highest BCUT2D eigenvalue weighted by molar-refractivity contribution is 6.74. The smallest absolute Gasteiger partial charge is 0.343 e. The molecule has 2 aromatic carbocycles.